The molecular weight excluding hydrogens is 364 g/mol. The first-order valence-corrected chi connectivity index (χ1v) is 9.73. The maximum atomic E-state index is 14.2. The van der Waals surface area contributed by atoms with Crippen molar-refractivity contribution >= 4 is 6.09 Å². The van der Waals surface area contributed by atoms with Gasteiger partial charge in [0.25, 0.3) is 0 Å². The van der Waals surface area contributed by atoms with Crippen molar-refractivity contribution in [1.29, 1.82) is 0 Å². The lowest BCUT2D eigenvalue weighted by atomic mass is 9.76. The Morgan fingerprint density at radius 1 is 1.25 bits per heavy atom. The molecule has 1 aromatic heterocycles. The zero-order valence-electron chi connectivity index (χ0n) is 15.4. The van der Waals surface area contributed by atoms with E-state index in [9.17, 15) is 13.6 Å². The summed E-state index contributed by atoms with van der Waals surface area (Å²) in [5.41, 5.74) is 0.901. The highest BCUT2D eigenvalue weighted by Gasteiger charge is 2.77. The number of benzene rings is 1. The molecule has 2 unspecified atom stereocenters. The topological polar surface area (TPSA) is 55.3 Å². The number of carbonyl (C=O) groups is 1. The van der Waals surface area contributed by atoms with Crippen molar-refractivity contribution in [3.63, 3.8) is 0 Å². The van der Waals surface area contributed by atoms with E-state index in [0.717, 1.165) is 37.9 Å². The van der Waals surface area contributed by atoms with Crippen LogP contribution < -0.4 is 0 Å². The van der Waals surface area contributed by atoms with Gasteiger partial charge in [0.05, 0.1) is 11.3 Å². The smallest absolute Gasteiger partial charge is 0.410 e. The SMILES string of the molecule is CC12C[C@]3(OC(=O)N4CCC4)CC1[C@H]2c1cc(-c2c(F)cccc2F)nnc13. The van der Waals surface area contributed by atoms with E-state index >= 15 is 0 Å². The van der Waals surface area contributed by atoms with Gasteiger partial charge in [0.1, 0.15) is 17.3 Å². The highest BCUT2D eigenvalue weighted by Crippen LogP contribution is 2.81. The molecule has 4 atom stereocenters. The van der Waals surface area contributed by atoms with E-state index in [0.29, 0.717) is 11.6 Å². The van der Waals surface area contributed by atoms with Crippen LogP contribution in [0.5, 0.6) is 0 Å². The van der Waals surface area contributed by atoms with Gasteiger partial charge in [0.2, 0.25) is 0 Å². The van der Waals surface area contributed by atoms with Crippen molar-refractivity contribution in [2.45, 2.75) is 37.7 Å². The standard InChI is InChI=1S/C21H19F2N3O2/c1-20-10-21(28-19(27)26-6-3-7-26)9-12(20)17(20)11-8-15(24-25-18(11)21)16-13(22)4-2-5-14(16)23/h2,4-5,8,12,17H,3,6-7,9-10H2,1H3/t12?,17-,20?,21-/m1/s1. The van der Waals surface area contributed by atoms with Crippen LogP contribution in [-0.2, 0) is 10.3 Å². The summed E-state index contributed by atoms with van der Waals surface area (Å²) < 4.78 is 34.5. The summed E-state index contributed by atoms with van der Waals surface area (Å²) in [7, 11) is 0. The van der Waals surface area contributed by atoms with Crippen LogP contribution in [0.25, 0.3) is 11.3 Å². The molecule has 2 saturated carbocycles. The second-order valence-electron chi connectivity index (χ2n) is 8.80. The number of likely N-dealkylation sites (tertiary alicyclic amines) is 1. The van der Waals surface area contributed by atoms with Crippen molar-refractivity contribution in [2.24, 2.45) is 11.3 Å². The van der Waals surface area contributed by atoms with Gasteiger partial charge < -0.3 is 9.64 Å². The minimum atomic E-state index is -0.768. The Bertz CT molecular complexity index is 1020. The Hall–Kier alpha value is -2.57. The van der Waals surface area contributed by atoms with Gasteiger partial charge in [-0.2, -0.15) is 5.10 Å². The molecule has 0 radical (unpaired) electrons. The Morgan fingerprint density at radius 3 is 2.61 bits per heavy atom. The predicted molar refractivity (Wildman–Crippen MR) is 95.3 cm³/mol. The molecule has 28 heavy (non-hydrogen) atoms. The Kier molecular flexibility index (Phi) is 2.97. The van der Waals surface area contributed by atoms with Gasteiger partial charge in [-0.25, -0.2) is 13.6 Å². The van der Waals surface area contributed by atoms with Crippen molar-refractivity contribution in [2.75, 3.05) is 13.1 Å². The molecule has 4 aliphatic carbocycles. The minimum Gasteiger partial charge on any atom is -0.436 e. The highest BCUT2D eigenvalue weighted by atomic mass is 19.1. The molecule has 2 aromatic rings. The molecule has 1 amide bonds. The molecule has 0 spiro atoms. The average Bonchev–Trinajstić information content (AvgIpc) is 3.05. The van der Waals surface area contributed by atoms with E-state index in [1.165, 1.54) is 18.2 Å². The van der Waals surface area contributed by atoms with Crippen molar-refractivity contribution < 1.29 is 18.3 Å². The third-order valence-electron chi connectivity index (χ3n) is 7.27. The zero-order valence-corrected chi connectivity index (χ0v) is 15.4. The number of nitrogens with zero attached hydrogens (tertiary/aromatic N) is 3. The molecule has 1 aromatic carbocycles. The second kappa shape index (κ2) is 5.07. The summed E-state index contributed by atoms with van der Waals surface area (Å²) in [6, 6.07) is 5.51. The van der Waals surface area contributed by atoms with Gasteiger partial charge in [-0.1, -0.05) is 13.0 Å². The van der Waals surface area contributed by atoms with Gasteiger partial charge in [-0.05, 0) is 60.3 Å². The van der Waals surface area contributed by atoms with Crippen LogP contribution in [0.1, 0.15) is 43.4 Å². The predicted octanol–water partition coefficient (Wildman–Crippen LogP) is 3.99. The number of halogens is 2. The fourth-order valence-corrected chi connectivity index (χ4v) is 5.77. The van der Waals surface area contributed by atoms with Gasteiger partial charge in [0.15, 0.2) is 5.60 Å². The lowest BCUT2D eigenvalue weighted by molar-refractivity contribution is -0.0400. The lowest BCUT2D eigenvalue weighted by Gasteiger charge is -2.41. The summed E-state index contributed by atoms with van der Waals surface area (Å²) in [6.45, 7) is 3.65. The third-order valence-corrected chi connectivity index (χ3v) is 7.27. The molecule has 144 valence electrons. The van der Waals surface area contributed by atoms with Crippen molar-refractivity contribution in [3.8, 4) is 11.3 Å². The van der Waals surface area contributed by atoms with Gasteiger partial charge in [-0.15, -0.1) is 5.10 Å². The second-order valence-corrected chi connectivity index (χ2v) is 8.80. The number of hydrogen-bond acceptors (Lipinski definition) is 4. The number of aromatic nitrogens is 2. The van der Waals surface area contributed by atoms with Crippen LogP contribution in [0.15, 0.2) is 24.3 Å². The van der Waals surface area contributed by atoms with Crippen molar-refractivity contribution in [1.82, 2.24) is 15.1 Å². The molecule has 2 heterocycles. The number of hydrogen-bond donors (Lipinski definition) is 0. The van der Waals surface area contributed by atoms with E-state index in [1.807, 2.05) is 0 Å². The maximum Gasteiger partial charge on any atom is 0.410 e. The quantitative estimate of drug-likeness (QED) is 0.787. The summed E-state index contributed by atoms with van der Waals surface area (Å²) >= 11 is 0. The van der Waals surface area contributed by atoms with E-state index in [2.05, 4.69) is 17.1 Å². The Balaban J connectivity index is 1.44. The molecule has 4 bridgehead atoms. The van der Waals surface area contributed by atoms with Crippen LogP contribution in [0.3, 0.4) is 0 Å². The third kappa shape index (κ3) is 1.92. The van der Waals surface area contributed by atoms with Gasteiger partial charge in [0, 0.05) is 13.1 Å². The molecule has 5 aliphatic rings. The summed E-state index contributed by atoms with van der Waals surface area (Å²) in [5.74, 6) is -0.622. The monoisotopic (exact) mass is 383 g/mol. The molecule has 0 N–H and O–H groups in total. The largest absolute Gasteiger partial charge is 0.436 e. The zero-order chi connectivity index (χ0) is 19.3. The first kappa shape index (κ1) is 16.4. The first-order chi connectivity index (χ1) is 13.4. The molecule has 1 saturated heterocycles. The average molecular weight is 383 g/mol. The van der Waals surface area contributed by atoms with Gasteiger partial charge in [-0.3, -0.25) is 0 Å². The van der Waals surface area contributed by atoms with E-state index in [1.54, 1.807) is 11.0 Å². The van der Waals surface area contributed by atoms with Crippen LogP contribution in [-0.4, -0.2) is 34.3 Å². The molecule has 5 nitrogen and oxygen atoms in total. The molecular formula is C21H19F2N3O2. The summed E-state index contributed by atoms with van der Waals surface area (Å²) in [6.07, 6.45) is 2.19. The highest BCUT2D eigenvalue weighted by molar-refractivity contribution is 5.70. The lowest BCUT2D eigenvalue weighted by Crippen LogP contribution is -2.47. The number of carbonyl (C=O) groups excluding carboxylic acids is 1. The van der Waals surface area contributed by atoms with E-state index < -0.39 is 17.2 Å². The molecule has 7 heteroatoms. The maximum absolute atomic E-state index is 14.2. The number of amides is 1. The first-order valence-electron chi connectivity index (χ1n) is 9.73. The van der Waals surface area contributed by atoms with Gasteiger partial charge >= 0.3 is 6.09 Å². The summed E-state index contributed by atoms with van der Waals surface area (Å²) in [4.78, 5) is 14.2. The van der Waals surface area contributed by atoms with Crippen molar-refractivity contribution in [3.05, 3.63) is 47.2 Å². The Labute approximate surface area is 160 Å². The molecule has 1 aliphatic heterocycles. The van der Waals surface area contributed by atoms with Crippen LogP contribution >= 0.6 is 0 Å². The van der Waals surface area contributed by atoms with Crippen LogP contribution in [0, 0.1) is 23.0 Å². The van der Waals surface area contributed by atoms with Crippen LogP contribution in [0.4, 0.5) is 13.6 Å². The van der Waals surface area contributed by atoms with E-state index in [-0.39, 0.29) is 28.7 Å². The number of ether oxygens (including phenoxy) is 1. The number of rotatable bonds is 2. The summed E-state index contributed by atoms with van der Waals surface area (Å²) in [5, 5.41) is 8.49. The van der Waals surface area contributed by atoms with E-state index in [4.69, 9.17) is 4.74 Å². The fourth-order valence-electron chi connectivity index (χ4n) is 5.77. The fraction of sp³-hybridized carbons (Fsp3) is 0.476. The minimum absolute atomic E-state index is 0.0519. The molecule has 7 rings (SSSR count). The molecule has 3 fully saturated rings. The normalized spacial score (nSPS) is 33.9. The Morgan fingerprint density at radius 2 is 2.00 bits per heavy atom. The van der Waals surface area contributed by atoms with Crippen LogP contribution in [0.2, 0.25) is 0 Å².